The van der Waals surface area contributed by atoms with Crippen LogP contribution >= 0.6 is 11.3 Å². The number of benzene rings is 1. The van der Waals surface area contributed by atoms with Gasteiger partial charge in [-0.2, -0.15) is 13.2 Å². The lowest BCUT2D eigenvalue weighted by Gasteiger charge is -2.04. The van der Waals surface area contributed by atoms with Crippen molar-refractivity contribution in [3.63, 3.8) is 0 Å². The van der Waals surface area contributed by atoms with Crippen LogP contribution in [0.5, 0.6) is 0 Å². The number of aromatic nitrogens is 1. The van der Waals surface area contributed by atoms with Gasteiger partial charge in [-0.25, -0.2) is 4.98 Å². The molecule has 1 nitrogen and oxygen atoms in total. The van der Waals surface area contributed by atoms with E-state index < -0.39 is 11.7 Å². The van der Waals surface area contributed by atoms with Gasteiger partial charge in [-0.3, -0.25) is 0 Å². The monoisotopic (exact) mass is 216 g/mol. The maximum atomic E-state index is 12.3. The smallest absolute Gasteiger partial charge is 0.242 e. The number of hydrogen-bond donors (Lipinski definition) is 0. The number of fused-ring (bicyclic) bond motifs is 1. The zero-order valence-electron chi connectivity index (χ0n) is 7.22. The predicted molar refractivity (Wildman–Crippen MR) is 49.4 cm³/mol. The molecule has 0 aliphatic carbocycles. The zero-order chi connectivity index (χ0) is 10.3. The van der Waals surface area contributed by atoms with Crippen LogP contribution in [0.25, 0.3) is 10.2 Å². The standard InChI is InChI=1S/C9H6F3NS/c1-5-13-7-3-2-6(9(10,11)12)4-8(7)14-5/h2-4H,1H3/i10-1. The van der Waals surface area contributed by atoms with E-state index >= 15 is 0 Å². The average molecular weight is 216 g/mol. The Kier molecular flexibility index (Phi) is 1.99. The van der Waals surface area contributed by atoms with Crippen molar-refractivity contribution in [3.05, 3.63) is 28.8 Å². The van der Waals surface area contributed by atoms with E-state index in [0.717, 1.165) is 17.1 Å². The van der Waals surface area contributed by atoms with Gasteiger partial charge in [0.15, 0.2) is 0 Å². The summed E-state index contributed by atoms with van der Waals surface area (Å²) in [5.41, 5.74) is 0.00847. The Bertz CT molecular complexity index is 472. The average Bonchev–Trinajstić information content (AvgIpc) is 2.41. The first-order valence-electron chi connectivity index (χ1n) is 3.91. The van der Waals surface area contributed by atoms with Crippen molar-refractivity contribution in [2.75, 3.05) is 0 Å². The molecule has 0 spiro atoms. The van der Waals surface area contributed by atoms with Crippen molar-refractivity contribution in [1.82, 2.24) is 4.98 Å². The third kappa shape index (κ3) is 1.59. The molecular formula is C9H6F3NS. The van der Waals surface area contributed by atoms with Crippen LogP contribution < -0.4 is 0 Å². The van der Waals surface area contributed by atoms with E-state index in [9.17, 15) is 13.2 Å². The number of halogens is 3. The molecule has 0 radical (unpaired) electrons. The van der Waals surface area contributed by atoms with Crippen molar-refractivity contribution in [3.8, 4) is 0 Å². The first-order chi connectivity index (χ1) is 6.47. The minimum Gasteiger partial charge on any atom is -0.242 e. The molecule has 0 unspecified atom stereocenters. The molecule has 0 aliphatic rings. The molecule has 2 aromatic rings. The Balaban J connectivity index is 2.62. The molecule has 14 heavy (non-hydrogen) atoms. The molecule has 0 saturated heterocycles. The number of nitrogens with zero attached hydrogens (tertiary/aromatic N) is 1. The van der Waals surface area contributed by atoms with E-state index in [1.165, 1.54) is 17.4 Å². The number of alkyl halides is 3. The summed E-state index contributed by atoms with van der Waals surface area (Å²) in [4.78, 5) is 4.09. The maximum absolute atomic E-state index is 12.3. The second-order valence-corrected chi connectivity index (χ2v) is 4.15. The lowest BCUT2D eigenvalue weighted by Crippen LogP contribution is -2.03. The molecule has 1 aromatic heterocycles. The van der Waals surface area contributed by atoms with Crippen molar-refractivity contribution in [2.45, 2.75) is 13.1 Å². The maximum Gasteiger partial charge on any atom is 0.416 e. The molecule has 0 aliphatic heterocycles. The fourth-order valence-electron chi connectivity index (χ4n) is 1.22. The van der Waals surface area contributed by atoms with Crippen LogP contribution in [-0.2, 0) is 6.18 Å². The minimum absolute atomic E-state index is 0.581. The number of rotatable bonds is 0. The Morgan fingerprint density at radius 2 is 2.00 bits per heavy atom. The highest BCUT2D eigenvalue weighted by molar-refractivity contribution is 7.18. The molecule has 2 rings (SSSR count). The lowest BCUT2D eigenvalue weighted by atomic mass is 10.2. The molecule has 1 heterocycles. The van der Waals surface area contributed by atoms with Crippen LogP contribution in [0.4, 0.5) is 13.2 Å². The summed E-state index contributed by atoms with van der Waals surface area (Å²) in [5, 5.41) is 0.777. The normalized spacial score (nSPS) is 12.3. The van der Waals surface area contributed by atoms with Gasteiger partial charge in [0, 0.05) is 0 Å². The Morgan fingerprint density at radius 1 is 1.29 bits per heavy atom. The van der Waals surface area contributed by atoms with Gasteiger partial charge < -0.3 is 0 Å². The molecule has 0 atom stereocenters. The Morgan fingerprint density at radius 3 is 2.64 bits per heavy atom. The van der Waals surface area contributed by atoms with E-state index in [1.807, 2.05) is 0 Å². The molecule has 0 fully saturated rings. The highest BCUT2D eigenvalue weighted by Gasteiger charge is 2.30. The van der Waals surface area contributed by atoms with Crippen molar-refractivity contribution < 1.29 is 13.2 Å². The summed E-state index contributed by atoms with van der Waals surface area (Å²) in [7, 11) is 0. The summed E-state index contributed by atoms with van der Waals surface area (Å²) in [6.07, 6.45) is -4.27. The van der Waals surface area contributed by atoms with Crippen LogP contribution in [0.1, 0.15) is 10.6 Å². The Labute approximate surface area is 82.2 Å². The van der Waals surface area contributed by atoms with Crippen LogP contribution in [0.15, 0.2) is 18.2 Å². The molecule has 5 heteroatoms. The van der Waals surface area contributed by atoms with Gasteiger partial charge in [-0.1, -0.05) is 0 Å². The number of aryl methyl sites for hydroxylation is 1. The van der Waals surface area contributed by atoms with Crippen molar-refractivity contribution in [1.29, 1.82) is 0 Å². The van der Waals surface area contributed by atoms with E-state index in [-0.39, 0.29) is 0 Å². The molecule has 74 valence electrons. The van der Waals surface area contributed by atoms with Crippen LogP contribution in [0.3, 0.4) is 0 Å². The lowest BCUT2D eigenvalue weighted by molar-refractivity contribution is -0.137. The zero-order valence-corrected chi connectivity index (χ0v) is 8.04. The van der Waals surface area contributed by atoms with Crippen LogP contribution in [0.2, 0.25) is 0 Å². The largest absolute Gasteiger partial charge is 0.416 e. The fraction of sp³-hybridized carbons (Fsp3) is 0.222. The minimum atomic E-state index is -4.27. The molecule has 0 amide bonds. The highest BCUT2D eigenvalue weighted by Crippen LogP contribution is 2.32. The third-order valence-electron chi connectivity index (χ3n) is 1.82. The van der Waals surface area contributed by atoms with Crippen molar-refractivity contribution >= 4 is 21.6 Å². The van der Waals surface area contributed by atoms with Gasteiger partial charge in [0.25, 0.3) is 0 Å². The molecule has 0 N–H and O–H groups in total. The van der Waals surface area contributed by atoms with Gasteiger partial charge in [0.1, 0.15) is 0 Å². The van der Waals surface area contributed by atoms with Crippen LogP contribution in [0, 0.1) is 6.92 Å². The summed E-state index contributed by atoms with van der Waals surface area (Å²) < 4.78 is 37.5. The summed E-state index contributed by atoms with van der Waals surface area (Å²) in [5.74, 6) is 0. The molecular weight excluding hydrogens is 210 g/mol. The first-order valence-corrected chi connectivity index (χ1v) is 4.73. The third-order valence-corrected chi connectivity index (χ3v) is 2.76. The van der Waals surface area contributed by atoms with Gasteiger partial charge in [-0.05, 0) is 25.1 Å². The molecule has 0 bridgehead atoms. The van der Waals surface area contributed by atoms with Crippen LogP contribution in [-0.4, -0.2) is 4.98 Å². The van der Waals surface area contributed by atoms with Gasteiger partial charge in [0.2, 0.25) is 0 Å². The van der Waals surface area contributed by atoms with Crippen molar-refractivity contribution in [2.24, 2.45) is 0 Å². The fourth-order valence-corrected chi connectivity index (χ4v) is 2.08. The second kappa shape index (κ2) is 2.95. The van der Waals surface area contributed by atoms with E-state index in [2.05, 4.69) is 4.98 Å². The van der Waals surface area contributed by atoms with Gasteiger partial charge in [-0.15, -0.1) is 11.3 Å². The topological polar surface area (TPSA) is 12.9 Å². The van der Waals surface area contributed by atoms with E-state index in [1.54, 1.807) is 6.92 Å². The van der Waals surface area contributed by atoms with E-state index in [0.29, 0.717) is 10.2 Å². The quantitative estimate of drug-likeness (QED) is 0.655. The van der Waals surface area contributed by atoms with E-state index in [4.69, 9.17) is 0 Å². The summed E-state index contributed by atoms with van der Waals surface area (Å²) >= 11 is 1.27. The summed E-state index contributed by atoms with van der Waals surface area (Å²) in [6.45, 7) is 1.78. The Hall–Kier alpha value is -1.10. The number of thiazole rings is 1. The van der Waals surface area contributed by atoms with Gasteiger partial charge in [0.05, 0.1) is 20.8 Å². The molecule has 0 saturated carbocycles. The van der Waals surface area contributed by atoms with Gasteiger partial charge >= 0.3 is 6.18 Å². The number of hydrogen-bond acceptors (Lipinski definition) is 2. The SMILES string of the molecule is Cc1nc2ccc(C(F)(F)[18F])cc2s1. The molecule has 1 aromatic carbocycles. The summed E-state index contributed by atoms with van der Waals surface area (Å²) in [6, 6.07) is 3.60. The highest BCUT2D eigenvalue weighted by atomic mass is 32.1. The second-order valence-electron chi connectivity index (χ2n) is 2.91. The first kappa shape index (κ1) is 9.45. The predicted octanol–water partition coefficient (Wildman–Crippen LogP) is 3.62.